The Morgan fingerprint density at radius 1 is 1.31 bits per heavy atom. The SMILES string of the molecule is CCCCS(=O)(=O)c1ccccc1C(N)=O. The van der Waals surface area contributed by atoms with Crippen molar-refractivity contribution in [3.63, 3.8) is 0 Å². The van der Waals surface area contributed by atoms with E-state index < -0.39 is 15.7 Å². The summed E-state index contributed by atoms with van der Waals surface area (Å²) >= 11 is 0. The Balaban J connectivity index is 3.17. The highest BCUT2D eigenvalue weighted by Gasteiger charge is 2.19. The third-order valence-electron chi connectivity index (χ3n) is 2.25. The van der Waals surface area contributed by atoms with Crippen LogP contribution in [0.1, 0.15) is 30.1 Å². The lowest BCUT2D eigenvalue weighted by Crippen LogP contribution is -2.17. The van der Waals surface area contributed by atoms with Gasteiger partial charge in [0.25, 0.3) is 0 Å². The number of primary amides is 1. The molecule has 0 bridgehead atoms. The molecule has 0 saturated heterocycles. The standard InChI is InChI=1S/C11H15NO3S/c1-2-3-8-16(14,15)10-7-5-4-6-9(10)11(12)13/h4-7H,2-3,8H2,1H3,(H2,12,13). The molecule has 0 radical (unpaired) electrons. The largest absolute Gasteiger partial charge is 0.366 e. The maximum absolute atomic E-state index is 11.9. The average Bonchev–Trinajstić information content (AvgIpc) is 2.26. The van der Waals surface area contributed by atoms with Gasteiger partial charge in [0.2, 0.25) is 5.91 Å². The molecule has 0 heterocycles. The van der Waals surface area contributed by atoms with Gasteiger partial charge >= 0.3 is 0 Å². The minimum atomic E-state index is -3.40. The van der Waals surface area contributed by atoms with Gasteiger partial charge in [0, 0.05) is 0 Å². The van der Waals surface area contributed by atoms with Gasteiger partial charge in [-0.3, -0.25) is 4.79 Å². The summed E-state index contributed by atoms with van der Waals surface area (Å²) in [7, 11) is -3.40. The lowest BCUT2D eigenvalue weighted by Gasteiger charge is -2.07. The molecular weight excluding hydrogens is 226 g/mol. The smallest absolute Gasteiger partial charge is 0.250 e. The molecule has 1 aromatic carbocycles. The molecule has 0 spiro atoms. The van der Waals surface area contributed by atoms with Gasteiger partial charge in [0.15, 0.2) is 9.84 Å². The van der Waals surface area contributed by atoms with Gasteiger partial charge in [-0.25, -0.2) is 8.42 Å². The number of hydrogen-bond acceptors (Lipinski definition) is 3. The van der Waals surface area contributed by atoms with E-state index in [0.717, 1.165) is 6.42 Å². The molecule has 5 heteroatoms. The fourth-order valence-corrected chi connectivity index (χ4v) is 3.06. The maximum Gasteiger partial charge on any atom is 0.250 e. The summed E-state index contributed by atoms with van der Waals surface area (Å²) in [6, 6.07) is 6.04. The van der Waals surface area contributed by atoms with E-state index in [1.165, 1.54) is 12.1 Å². The molecule has 0 aliphatic carbocycles. The Kier molecular flexibility index (Phi) is 4.06. The molecule has 0 saturated carbocycles. The highest BCUT2D eigenvalue weighted by Crippen LogP contribution is 2.17. The number of carbonyl (C=O) groups excluding carboxylic acids is 1. The summed E-state index contributed by atoms with van der Waals surface area (Å²) in [4.78, 5) is 11.1. The molecular formula is C11H15NO3S. The van der Waals surface area contributed by atoms with Crippen molar-refractivity contribution < 1.29 is 13.2 Å². The van der Waals surface area contributed by atoms with E-state index in [1.807, 2.05) is 6.92 Å². The van der Waals surface area contributed by atoms with Crippen molar-refractivity contribution in [3.8, 4) is 0 Å². The normalized spacial score (nSPS) is 11.3. The van der Waals surface area contributed by atoms with Crippen LogP contribution in [-0.2, 0) is 9.84 Å². The molecule has 88 valence electrons. The lowest BCUT2D eigenvalue weighted by atomic mass is 10.2. The summed E-state index contributed by atoms with van der Waals surface area (Å²) < 4.78 is 23.8. The average molecular weight is 241 g/mol. The van der Waals surface area contributed by atoms with Gasteiger partial charge in [0.1, 0.15) is 0 Å². The molecule has 1 rings (SSSR count). The first kappa shape index (κ1) is 12.7. The fraction of sp³-hybridized carbons (Fsp3) is 0.364. The molecule has 0 aromatic heterocycles. The molecule has 0 fully saturated rings. The topological polar surface area (TPSA) is 77.2 Å². The van der Waals surface area contributed by atoms with E-state index in [4.69, 9.17) is 5.73 Å². The second-order valence-electron chi connectivity index (χ2n) is 3.53. The van der Waals surface area contributed by atoms with Crippen LogP contribution in [0.4, 0.5) is 0 Å². The van der Waals surface area contributed by atoms with Crippen LogP contribution in [0, 0.1) is 0 Å². The number of carbonyl (C=O) groups is 1. The summed E-state index contributed by atoms with van der Waals surface area (Å²) in [6.07, 6.45) is 1.37. The number of unbranched alkanes of at least 4 members (excludes halogenated alkanes) is 1. The first-order valence-electron chi connectivity index (χ1n) is 5.10. The fourth-order valence-electron chi connectivity index (χ4n) is 1.39. The molecule has 0 atom stereocenters. The van der Waals surface area contributed by atoms with Crippen molar-refractivity contribution in [2.75, 3.05) is 5.75 Å². The molecule has 1 aromatic rings. The lowest BCUT2D eigenvalue weighted by molar-refractivity contribution is 0.0997. The summed E-state index contributed by atoms with van der Waals surface area (Å²) in [5, 5.41) is 0. The van der Waals surface area contributed by atoms with Gasteiger partial charge in [0.05, 0.1) is 16.2 Å². The Bertz CT molecular complexity index is 480. The summed E-state index contributed by atoms with van der Waals surface area (Å²) in [5.41, 5.74) is 5.20. The van der Waals surface area contributed by atoms with E-state index >= 15 is 0 Å². The van der Waals surface area contributed by atoms with Crippen LogP contribution in [0.3, 0.4) is 0 Å². The molecule has 4 nitrogen and oxygen atoms in total. The van der Waals surface area contributed by atoms with Gasteiger partial charge in [-0.1, -0.05) is 25.5 Å². The second kappa shape index (κ2) is 5.12. The van der Waals surface area contributed by atoms with Crippen LogP contribution >= 0.6 is 0 Å². The van der Waals surface area contributed by atoms with Crippen LogP contribution in [-0.4, -0.2) is 20.1 Å². The number of rotatable bonds is 5. The van der Waals surface area contributed by atoms with E-state index in [9.17, 15) is 13.2 Å². The first-order chi connectivity index (χ1) is 7.49. The number of benzene rings is 1. The zero-order valence-corrected chi connectivity index (χ0v) is 9.96. The molecule has 0 unspecified atom stereocenters. The van der Waals surface area contributed by atoms with Crippen LogP contribution in [0.15, 0.2) is 29.2 Å². The van der Waals surface area contributed by atoms with Gasteiger partial charge in [-0.05, 0) is 18.6 Å². The first-order valence-corrected chi connectivity index (χ1v) is 6.76. The Hall–Kier alpha value is -1.36. The number of sulfone groups is 1. The van der Waals surface area contributed by atoms with Crippen LogP contribution in [0.5, 0.6) is 0 Å². The van der Waals surface area contributed by atoms with Crippen molar-refractivity contribution in [3.05, 3.63) is 29.8 Å². The molecule has 0 aliphatic heterocycles. The predicted molar refractivity (Wildman–Crippen MR) is 61.9 cm³/mol. The van der Waals surface area contributed by atoms with E-state index in [2.05, 4.69) is 0 Å². The predicted octanol–water partition coefficient (Wildman–Crippen LogP) is 1.36. The van der Waals surface area contributed by atoms with Crippen LogP contribution < -0.4 is 5.73 Å². The highest BCUT2D eigenvalue weighted by molar-refractivity contribution is 7.91. The van der Waals surface area contributed by atoms with Crippen molar-refractivity contribution in [1.29, 1.82) is 0 Å². The van der Waals surface area contributed by atoms with Crippen molar-refractivity contribution in [1.82, 2.24) is 0 Å². The minimum absolute atomic E-state index is 0.0379. The Morgan fingerprint density at radius 3 is 2.50 bits per heavy atom. The highest BCUT2D eigenvalue weighted by atomic mass is 32.2. The summed E-state index contributed by atoms with van der Waals surface area (Å²) in [5.74, 6) is -0.663. The number of hydrogen-bond donors (Lipinski definition) is 1. The molecule has 2 N–H and O–H groups in total. The van der Waals surface area contributed by atoms with E-state index in [-0.39, 0.29) is 16.2 Å². The number of amides is 1. The van der Waals surface area contributed by atoms with Gasteiger partial charge in [-0.15, -0.1) is 0 Å². The zero-order chi connectivity index (χ0) is 12.2. The Morgan fingerprint density at radius 2 is 1.94 bits per heavy atom. The third kappa shape index (κ3) is 2.82. The van der Waals surface area contributed by atoms with E-state index in [0.29, 0.717) is 6.42 Å². The number of nitrogens with two attached hydrogens (primary N) is 1. The van der Waals surface area contributed by atoms with E-state index in [1.54, 1.807) is 12.1 Å². The summed E-state index contributed by atoms with van der Waals surface area (Å²) in [6.45, 7) is 1.91. The minimum Gasteiger partial charge on any atom is -0.366 e. The molecule has 0 aliphatic rings. The Labute approximate surface area is 95.4 Å². The van der Waals surface area contributed by atoms with Crippen molar-refractivity contribution >= 4 is 15.7 Å². The van der Waals surface area contributed by atoms with Crippen molar-refractivity contribution in [2.45, 2.75) is 24.7 Å². The van der Waals surface area contributed by atoms with Gasteiger partial charge in [-0.2, -0.15) is 0 Å². The zero-order valence-electron chi connectivity index (χ0n) is 9.14. The quantitative estimate of drug-likeness (QED) is 0.845. The van der Waals surface area contributed by atoms with Crippen LogP contribution in [0.25, 0.3) is 0 Å². The van der Waals surface area contributed by atoms with Gasteiger partial charge < -0.3 is 5.73 Å². The van der Waals surface area contributed by atoms with Crippen LogP contribution in [0.2, 0.25) is 0 Å². The molecule has 1 amide bonds. The second-order valence-corrected chi connectivity index (χ2v) is 5.61. The monoisotopic (exact) mass is 241 g/mol. The molecule has 16 heavy (non-hydrogen) atoms. The maximum atomic E-state index is 11.9. The third-order valence-corrected chi connectivity index (χ3v) is 4.11. The van der Waals surface area contributed by atoms with Crippen molar-refractivity contribution in [2.24, 2.45) is 5.73 Å².